The molecule has 16 heavy (non-hydrogen) atoms. The molecule has 0 fully saturated rings. The van der Waals surface area contributed by atoms with E-state index in [0.29, 0.717) is 0 Å². The first-order chi connectivity index (χ1) is 7.45. The molecule has 1 atom stereocenters. The van der Waals surface area contributed by atoms with Crippen LogP contribution in [0.2, 0.25) is 0 Å². The summed E-state index contributed by atoms with van der Waals surface area (Å²) in [5, 5.41) is 5.61. The zero-order valence-electron chi connectivity index (χ0n) is 11.0. The Bertz CT molecular complexity index is 314. The van der Waals surface area contributed by atoms with Gasteiger partial charge in [-0.05, 0) is 29.3 Å². The largest absolute Gasteiger partial charge is 0.380 e. The molecule has 1 rings (SSSR count). The van der Waals surface area contributed by atoms with Gasteiger partial charge in [-0.1, -0.05) is 20.8 Å². The van der Waals surface area contributed by atoms with E-state index in [-0.39, 0.29) is 11.5 Å². The number of hydrogen-bond acceptors (Lipinski definition) is 3. The normalized spacial score (nSPS) is 14.1. The lowest BCUT2D eigenvalue weighted by Gasteiger charge is -2.29. The van der Waals surface area contributed by atoms with Crippen molar-refractivity contribution in [2.45, 2.75) is 40.3 Å². The topological polar surface area (TPSA) is 21.3 Å². The lowest BCUT2D eigenvalue weighted by Crippen LogP contribution is -2.37. The second-order valence-electron chi connectivity index (χ2n) is 5.25. The van der Waals surface area contributed by atoms with Crippen molar-refractivity contribution in [1.82, 2.24) is 5.32 Å². The monoisotopic (exact) mass is 241 g/mol. The molecule has 0 radical (unpaired) electrons. The van der Waals surface area contributed by atoms with Crippen molar-refractivity contribution >= 4 is 11.3 Å². The minimum atomic E-state index is 0.187. The van der Waals surface area contributed by atoms with Crippen LogP contribution < -0.4 is 5.32 Å². The Morgan fingerprint density at radius 2 is 2.12 bits per heavy atom. The molecule has 2 nitrogen and oxygen atoms in total. The number of hydrogen-bond donors (Lipinski definition) is 1. The summed E-state index contributed by atoms with van der Waals surface area (Å²) in [4.78, 5) is 1.42. The van der Waals surface area contributed by atoms with Crippen LogP contribution in [0.1, 0.15) is 31.2 Å². The molecule has 0 aliphatic rings. The van der Waals surface area contributed by atoms with E-state index in [1.807, 2.05) is 11.3 Å². The van der Waals surface area contributed by atoms with Crippen LogP contribution in [0.3, 0.4) is 0 Å². The average molecular weight is 241 g/mol. The van der Waals surface area contributed by atoms with E-state index in [4.69, 9.17) is 4.74 Å². The molecule has 1 aromatic rings. The van der Waals surface area contributed by atoms with Crippen LogP contribution in [-0.4, -0.2) is 19.8 Å². The van der Waals surface area contributed by atoms with Gasteiger partial charge in [-0.15, -0.1) is 11.3 Å². The Hall–Kier alpha value is -0.380. The number of thiophene rings is 1. The molecule has 0 saturated heterocycles. The lowest BCUT2D eigenvalue weighted by atomic mass is 9.89. The summed E-state index contributed by atoms with van der Waals surface area (Å²) < 4.78 is 5.51. The quantitative estimate of drug-likeness (QED) is 0.854. The predicted molar refractivity (Wildman–Crippen MR) is 71.0 cm³/mol. The van der Waals surface area contributed by atoms with Gasteiger partial charge in [0.25, 0.3) is 0 Å². The molecule has 0 bridgehead atoms. The Kier molecular flexibility index (Phi) is 4.96. The number of aryl methyl sites for hydroxylation is 1. The summed E-state index contributed by atoms with van der Waals surface area (Å²) in [5.41, 5.74) is 1.56. The van der Waals surface area contributed by atoms with E-state index in [9.17, 15) is 0 Å². The molecule has 0 spiro atoms. The number of rotatable bonds is 5. The molecule has 1 N–H and O–H groups in total. The van der Waals surface area contributed by atoms with Crippen molar-refractivity contribution in [3.05, 3.63) is 21.9 Å². The first-order valence-corrected chi connectivity index (χ1v) is 6.59. The van der Waals surface area contributed by atoms with Crippen LogP contribution in [-0.2, 0) is 11.3 Å². The molecular weight excluding hydrogens is 218 g/mol. The van der Waals surface area contributed by atoms with Gasteiger partial charge in [0.05, 0.1) is 6.10 Å². The van der Waals surface area contributed by atoms with E-state index >= 15 is 0 Å². The molecular formula is C13H23NOS. The van der Waals surface area contributed by atoms with Crippen molar-refractivity contribution in [3.63, 3.8) is 0 Å². The second-order valence-corrected chi connectivity index (χ2v) is 6.25. The maximum absolute atomic E-state index is 5.51. The van der Waals surface area contributed by atoms with Crippen molar-refractivity contribution in [3.8, 4) is 0 Å². The van der Waals surface area contributed by atoms with Crippen LogP contribution in [0.25, 0.3) is 0 Å². The first kappa shape index (κ1) is 13.7. The van der Waals surface area contributed by atoms with Crippen molar-refractivity contribution in [2.24, 2.45) is 5.41 Å². The number of ether oxygens (including phenoxy) is 1. The minimum Gasteiger partial charge on any atom is -0.380 e. The Morgan fingerprint density at radius 1 is 1.44 bits per heavy atom. The third kappa shape index (κ3) is 3.89. The van der Waals surface area contributed by atoms with E-state index in [1.54, 1.807) is 7.11 Å². The standard InChI is InChI=1S/C13H23NOS/c1-10-6-7-16-11(10)8-14-9-12(15-5)13(2,3)4/h6-7,12,14H,8-9H2,1-5H3. The summed E-state index contributed by atoms with van der Waals surface area (Å²) in [6, 6.07) is 2.17. The smallest absolute Gasteiger partial charge is 0.0743 e. The number of nitrogens with one attached hydrogen (secondary N) is 1. The average Bonchev–Trinajstić information content (AvgIpc) is 2.57. The zero-order chi connectivity index (χ0) is 12.2. The summed E-state index contributed by atoms with van der Waals surface area (Å²) in [5.74, 6) is 0. The van der Waals surface area contributed by atoms with E-state index in [2.05, 4.69) is 44.5 Å². The molecule has 92 valence electrons. The van der Waals surface area contributed by atoms with Crippen LogP contribution in [0.15, 0.2) is 11.4 Å². The zero-order valence-corrected chi connectivity index (χ0v) is 11.8. The second kappa shape index (κ2) is 5.80. The highest BCUT2D eigenvalue weighted by atomic mass is 32.1. The Morgan fingerprint density at radius 3 is 2.56 bits per heavy atom. The van der Waals surface area contributed by atoms with E-state index in [1.165, 1.54) is 10.4 Å². The van der Waals surface area contributed by atoms with Gasteiger partial charge in [0.1, 0.15) is 0 Å². The van der Waals surface area contributed by atoms with E-state index in [0.717, 1.165) is 13.1 Å². The third-order valence-corrected chi connectivity index (χ3v) is 3.86. The van der Waals surface area contributed by atoms with Crippen molar-refractivity contribution in [2.75, 3.05) is 13.7 Å². The van der Waals surface area contributed by atoms with Gasteiger partial charge in [0, 0.05) is 25.1 Å². The highest BCUT2D eigenvalue weighted by Gasteiger charge is 2.23. The van der Waals surface area contributed by atoms with Crippen LogP contribution in [0.5, 0.6) is 0 Å². The summed E-state index contributed by atoms with van der Waals surface area (Å²) in [6.07, 6.45) is 0.257. The highest BCUT2D eigenvalue weighted by Crippen LogP contribution is 2.21. The van der Waals surface area contributed by atoms with Gasteiger partial charge in [-0.3, -0.25) is 0 Å². The summed E-state index contributed by atoms with van der Waals surface area (Å²) in [6.45, 7) is 10.6. The molecule has 0 amide bonds. The first-order valence-electron chi connectivity index (χ1n) is 5.71. The molecule has 0 aliphatic heterocycles. The van der Waals surface area contributed by atoms with Gasteiger partial charge in [0.2, 0.25) is 0 Å². The molecule has 1 heterocycles. The van der Waals surface area contributed by atoms with Crippen LogP contribution in [0, 0.1) is 12.3 Å². The number of methoxy groups -OCH3 is 1. The van der Waals surface area contributed by atoms with Gasteiger partial charge >= 0.3 is 0 Å². The van der Waals surface area contributed by atoms with Crippen molar-refractivity contribution in [1.29, 1.82) is 0 Å². The summed E-state index contributed by atoms with van der Waals surface area (Å²) >= 11 is 1.81. The molecule has 1 unspecified atom stereocenters. The van der Waals surface area contributed by atoms with Gasteiger partial charge in [0.15, 0.2) is 0 Å². The maximum atomic E-state index is 5.51. The van der Waals surface area contributed by atoms with Crippen LogP contribution >= 0.6 is 11.3 Å². The molecule has 0 aliphatic carbocycles. The Balaban J connectivity index is 2.37. The fourth-order valence-corrected chi connectivity index (χ4v) is 2.52. The van der Waals surface area contributed by atoms with E-state index < -0.39 is 0 Å². The molecule has 3 heteroatoms. The molecule has 0 saturated carbocycles. The fourth-order valence-electron chi connectivity index (χ4n) is 1.65. The summed E-state index contributed by atoms with van der Waals surface area (Å²) in [7, 11) is 1.79. The highest BCUT2D eigenvalue weighted by molar-refractivity contribution is 7.10. The van der Waals surface area contributed by atoms with Gasteiger partial charge in [-0.25, -0.2) is 0 Å². The lowest BCUT2D eigenvalue weighted by molar-refractivity contribution is 0.0173. The third-order valence-electron chi connectivity index (χ3n) is 2.83. The molecule has 0 aromatic carbocycles. The van der Waals surface area contributed by atoms with Gasteiger partial charge < -0.3 is 10.1 Å². The predicted octanol–water partition coefficient (Wildman–Crippen LogP) is 3.21. The fraction of sp³-hybridized carbons (Fsp3) is 0.692. The molecule has 1 aromatic heterocycles. The minimum absolute atomic E-state index is 0.187. The Labute approximate surface area is 103 Å². The maximum Gasteiger partial charge on any atom is 0.0743 e. The van der Waals surface area contributed by atoms with Crippen LogP contribution in [0.4, 0.5) is 0 Å². The van der Waals surface area contributed by atoms with Gasteiger partial charge in [-0.2, -0.15) is 0 Å². The van der Waals surface area contributed by atoms with Crippen molar-refractivity contribution < 1.29 is 4.74 Å². The SMILES string of the molecule is COC(CNCc1sccc1C)C(C)(C)C.